The van der Waals surface area contributed by atoms with Gasteiger partial charge >= 0.3 is 5.97 Å². The van der Waals surface area contributed by atoms with E-state index in [9.17, 15) is 4.79 Å². The summed E-state index contributed by atoms with van der Waals surface area (Å²) in [6, 6.07) is 0. The molecular formula is C8H6BrN3O2. The number of carbonyl (C=O) groups is 1. The van der Waals surface area contributed by atoms with Crippen LogP contribution >= 0.6 is 15.9 Å². The molecule has 0 saturated carbocycles. The lowest BCUT2D eigenvalue weighted by molar-refractivity contribution is 0.0695. The fraction of sp³-hybridized carbons (Fsp3) is 0.125. The summed E-state index contributed by atoms with van der Waals surface area (Å²) >= 11 is 3.27. The molecule has 0 radical (unpaired) electrons. The fourth-order valence-electron chi connectivity index (χ4n) is 1.18. The van der Waals surface area contributed by atoms with Gasteiger partial charge in [0.25, 0.3) is 0 Å². The number of carboxylic acids is 1. The van der Waals surface area contributed by atoms with Gasteiger partial charge in [0.05, 0.1) is 21.9 Å². The Bertz CT molecular complexity index is 521. The normalized spacial score (nSPS) is 10.7. The van der Waals surface area contributed by atoms with Crippen molar-refractivity contribution in [3.8, 4) is 0 Å². The highest BCUT2D eigenvalue weighted by Crippen LogP contribution is 2.16. The molecule has 0 aliphatic rings. The summed E-state index contributed by atoms with van der Waals surface area (Å²) < 4.78 is 2.18. The van der Waals surface area contributed by atoms with E-state index in [1.54, 1.807) is 13.1 Å². The Kier molecular flexibility index (Phi) is 1.99. The number of aromatic carboxylic acids is 1. The third-order valence-corrected chi connectivity index (χ3v) is 2.43. The molecule has 2 rings (SSSR count). The largest absolute Gasteiger partial charge is 0.478 e. The zero-order valence-electron chi connectivity index (χ0n) is 7.23. The standard InChI is InChI=1S/C8H6BrN3O2/c1-4-5(8(13)14)3-12-7(11-4)6(9)2-10-12/h2-3H,1H3,(H,13,14). The first-order valence-electron chi connectivity index (χ1n) is 3.83. The molecule has 14 heavy (non-hydrogen) atoms. The van der Waals surface area contributed by atoms with E-state index in [0.29, 0.717) is 11.3 Å². The van der Waals surface area contributed by atoms with Crippen molar-refractivity contribution in [1.82, 2.24) is 14.6 Å². The second-order valence-corrected chi connectivity index (χ2v) is 3.66. The molecule has 1 N–H and O–H groups in total. The van der Waals surface area contributed by atoms with Crippen LogP contribution in [0.5, 0.6) is 0 Å². The van der Waals surface area contributed by atoms with Gasteiger partial charge in [-0.15, -0.1) is 0 Å². The maximum atomic E-state index is 10.8. The minimum Gasteiger partial charge on any atom is -0.478 e. The number of fused-ring (bicyclic) bond motifs is 1. The Morgan fingerprint density at radius 2 is 2.36 bits per heavy atom. The van der Waals surface area contributed by atoms with Crippen LogP contribution in [0.1, 0.15) is 16.1 Å². The molecule has 0 fully saturated rings. The fourth-order valence-corrected chi connectivity index (χ4v) is 1.54. The van der Waals surface area contributed by atoms with E-state index in [1.165, 1.54) is 10.7 Å². The van der Waals surface area contributed by atoms with Crippen molar-refractivity contribution in [1.29, 1.82) is 0 Å². The zero-order valence-corrected chi connectivity index (χ0v) is 8.82. The van der Waals surface area contributed by atoms with E-state index in [2.05, 4.69) is 26.0 Å². The van der Waals surface area contributed by atoms with Crippen LogP contribution in [0.25, 0.3) is 5.65 Å². The van der Waals surface area contributed by atoms with Crippen LogP contribution in [-0.4, -0.2) is 25.7 Å². The van der Waals surface area contributed by atoms with E-state index in [1.807, 2.05) is 0 Å². The number of aromatic nitrogens is 3. The van der Waals surface area contributed by atoms with E-state index in [0.717, 1.165) is 4.47 Å². The Hall–Kier alpha value is -1.43. The highest BCUT2D eigenvalue weighted by atomic mass is 79.9. The molecule has 2 aromatic rings. The summed E-state index contributed by atoms with van der Waals surface area (Å²) in [5, 5.41) is 12.8. The molecule has 0 aliphatic carbocycles. The molecular weight excluding hydrogens is 250 g/mol. The first-order valence-corrected chi connectivity index (χ1v) is 4.62. The second kappa shape index (κ2) is 3.06. The lowest BCUT2D eigenvalue weighted by Gasteiger charge is -2.00. The lowest BCUT2D eigenvalue weighted by Crippen LogP contribution is -2.05. The summed E-state index contributed by atoms with van der Waals surface area (Å²) in [6.45, 7) is 1.66. The molecule has 6 heteroatoms. The van der Waals surface area contributed by atoms with Crippen molar-refractivity contribution in [3.63, 3.8) is 0 Å². The predicted octanol–water partition coefficient (Wildman–Crippen LogP) is 1.50. The van der Waals surface area contributed by atoms with Gasteiger partial charge in [-0.2, -0.15) is 5.10 Å². The maximum Gasteiger partial charge on any atom is 0.339 e. The van der Waals surface area contributed by atoms with Crippen LogP contribution < -0.4 is 0 Å². The molecule has 0 atom stereocenters. The van der Waals surface area contributed by atoms with Gasteiger partial charge in [-0.05, 0) is 22.9 Å². The van der Waals surface area contributed by atoms with Crippen LogP contribution in [0.4, 0.5) is 0 Å². The SMILES string of the molecule is Cc1nc2c(Br)cnn2cc1C(=O)O. The van der Waals surface area contributed by atoms with Crippen LogP contribution in [-0.2, 0) is 0 Å². The van der Waals surface area contributed by atoms with Gasteiger partial charge in [-0.1, -0.05) is 0 Å². The van der Waals surface area contributed by atoms with Gasteiger partial charge in [0, 0.05) is 6.20 Å². The topological polar surface area (TPSA) is 67.5 Å². The third-order valence-electron chi connectivity index (χ3n) is 1.87. The van der Waals surface area contributed by atoms with Gasteiger partial charge in [-0.3, -0.25) is 0 Å². The van der Waals surface area contributed by atoms with Crippen molar-refractivity contribution < 1.29 is 9.90 Å². The van der Waals surface area contributed by atoms with Crippen molar-refractivity contribution in [2.24, 2.45) is 0 Å². The Morgan fingerprint density at radius 1 is 1.64 bits per heavy atom. The predicted molar refractivity (Wildman–Crippen MR) is 52.4 cm³/mol. The summed E-state index contributed by atoms with van der Waals surface area (Å²) in [5.41, 5.74) is 1.26. The maximum absolute atomic E-state index is 10.8. The van der Waals surface area contributed by atoms with E-state index < -0.39 is 5.97 Å². The average molecular weight is 256 g/mol. The van der Waals surface area contributed by atoms with Gasteiger partial charge in [-0.25, -0.2) is 14.3 Å². The minimum absolute atomic E-state index is 0.160. The first kappa shape index (κ1) is 9.14. The van der Waals surface area contributed by atoms with E-state index in [-0.39, 0.29) is 5.56 Å². The van der Waals surface area contributed by atoms with Crippen LogP contribution in [0.15, 0.2) is 16.9 Å². The molecule has 0 spiro atoms. The second-order valence-electron chi connectivity index (χ2n) is 2.81. The summed E-state index contributed by atoms with van der Waals surface area (Å²) in [4.78, 5) is 14.9. The number of hydrogen-bond acceptors (Lipinski definition) is 3. The summed E-state index contributed by atoms with van der Waals surface area (Å²) in [6.07, 6.45) is 3.03. The highest BCUT2D eigenvalue weighted by Gasteiger charge is 2.11. The molecule has 0 unspecified atom stereocenters. The number of hydrogen-bond donors (Lipinski definition) is 1. The van der Waals surface area contributed by atoms with Crippen molar-refractivity contribution in [2.45, 2.75) is 6.92 Å². The Balaban J connectivity index is 2.79. The van der Waals surface area contributed by atoms with Gasteiger partial charge in [0.1, 0.15) is 0 Å². The van der Waals surface area contributed by atoms with Crippen LogP contribution in [0, 0.1) is 6.92 Å². The van der Waals surface area contributed by atoms with E-state index in [4.69, 9.17) is 5.11 Å². The molecule has 0 bridgehead atoms. The molecule has 2 aromatic heterocycles. The third kappa shape index (κ3) is 1.27. The molecule has 72 valence electrons. The number of carboxylic acid groups (broad SMARTS) is 1. The van der Waals surface area contributed by atoms with Crippen LogP contribution in [0.3, 0.4) is 0 Å². The zero-order chi connectivity index (χ0) is 10.3. The van der Waals surface area contributed by atoms with Gasteiger partial charge < -0.3 is 5.11 Å². The highest BCUT2D eigenvalue weighted by molar-refractivity contribution is 9.10. The molecule has 0 saturated heterocycles. The van der Waals surface area contributed by atoms with Gasteiger partial charge in [0.2, 0.25) is 0 Å². The quantitative estimate of drug-likeness (QED) is 0.839. The van der Waals surface area contributed by atoms with E-state index >= 15 is 0 Å². The molecule has 2 heterocycles. The molecule has 0 amide bonds. The monoisotopic (exact) mass is 255 g/mol. The summed E-state index contributed by atoms with van der Waals surface area (Å²) in [7, 11) is 0. The molecule has 0 aromatic carbocycles. The molecule has 5 nitrogen and oxygen atoms in total. The number of rotatable bonds is 1. The minimum atomic E-state index is -0.997. The molecule has 0 aliphatic heterocycles. The summed E-state index contributed by atoms with van der Waals surface area (Å²) in [5.74, 6) is -0.997. The number of halogens is 1. The lowest BCUT2D eigenvalue weighted by atomic mass is 10.2. The average Bonchev–Trinajstić information content (AvgIpc) is 2.46. The first-order chi connectivity index (χ1) is 6.59. The number of nitrogens with zero attached hydrogens (tertiary/aromatic N) is 3. The Labute approximate surface area is 87.5 Å². The van der Waals surface area contributed by atoms with Crippen molar-refractivity contribution >= 4 is 27.5 Å². The number of aryl methyl sites for hydroxylation is 1. The smallest absolute Gasteiger partial charge is 0.339 e. The van der Waals surface area contributed by atoms with Crippen LogP contribution in [0.2, 0.25) is 0 Å². The Morgan fingerprint density at radius 3 is 3.00 bits per heavy atom. The van der Waals surface area contributed by atoms with Crippen molar-refractivity contribution in [3.05, 3.63) is 28.1 Å². The van der Waals surface area contributed by atoms with Gasteiger partial charge in [0.15, 0.2) is 5.65 Å². The van der Waals surface area contributed by atoms with Crippen molar-refractivity contribution in [2.75, 3.05) is 0 Å².